The number of nitrogens with zero attached hydrogens (tertiary/aromatic N) is 1. The number of benzene rings is 2. The molecule has 18 heavy (non-hydrogen) atoms. The number of pyridine rings is 1. The van der Waals surface area contributed by atoms with Gasteiger partial charge in [0.1, 0.15) is 0 Å². The van der Waals surface area contributed by atoms with Crippen LogP contribution in [0.25, 0.3) is 10.8 Å². The van der Waals surface area contributed by atoms with Crippen molar-refractivity contribution in [2.45, 2.75) is 6.54 Å². The molecule has 0 saturated carbocycles. The lowest BCUT2D eigenvalue weighted by Gasteiger charge is -2.07. The average Bonchev–Trinajstić information content (AvgIpc) is 2.46. The van der Waals surface area contributed by atoms with E-state index in [-0.39, 0.29) is 0 Å². The number of fused-ring (bicyclic) bond motifs is 1. The molecule has 0 amide bonds. The SMILES string of the molecule is c1ccc2cc(NCc3ccncc3)ccc2c1. The van der Waals surface area contributed by atoms with Gasteiger partial charge in [-0.05, 0) is 40.6 Å². The van der Waals surface area contributed by atoms with E-state index >= 15 is 0 Å². The van der Waals surface area contributed by atoms with Crippen LogP contribution in [0.2, 0.25) is 0 Å². The molecular weight excluding hydrogens is 220 g/mol. The molecular formula is C16H14N2. The average molecular weight is 234 g/mol. The first kappa shape index (κ1) is 10.8. The molecule has 0 radical (unpaired) electrons. The summed E-state index contributed by atoms with van der Waals surface area (Å²) in [4.78, 5) is 4.01. The largest absolute Gasteiger partial charge is 0.381 e. The van der Waals surface area contributed by atoms with E-state index in [0.717, 1.165) is 12.2 Å². The van der Waals surface area contributed by atoms with Gasteiger partial charge in [0.15, 0.2) is 0 Å². The molecule has 0 aliphatic carbocycles. The Labute approximate surface area is 106 Å². The van der Waals surface area contributed by atoms with Crippen molar-refractivity contribution in [2.24, 2.45) is 0 Å². The predicted octanol–water partition coefficient (Wildman–Crippen LogP) is 3.85. The van der Waals surface area contributed by atoms with Crippen molar-refractivity contribution >= 4 is 16.5 Å². The van der Waals surface area contributed by atoms with Crippen LogP contribution >= 0.6 is 0 Å². The maximum Gasteiger partial charge on any atom is 0.0401 e. The van der Waals surface area contributed by atoms with Crippen molar-refractivity contribution in [1.82, 2.24) is 4.98 Å². The second kappa shape index (κ2) is 4.88. The molecule has 0 aliphatic rings. The van der Waals surface area contributed by atoms with Crippen LogP contribution in [0.1, 0.15) is 5.56 Å². The second-order valence-corrected chi connectivity index (χ2v) is 4.27. The highest BCUT2D eigenvalue weighted by molar-refractivity contribution is 5.85. The lowest BCUT2D eigenvalue weighted by atomic mass is 10.1. The summed E-state index contributed by atoms with van der Waals surface area (Å²) in [6, 6.07) is 18.9. The quantitative estimate of drug-likeness (QED) is 0.744. The fraction of sp³-hybridized carbons (Fsp3) is 0.0625. The summed E-state index contributed by atoms with van der Waals surface area (Å²) in [5, 5.41) is 5.96. The molecule has 2 nitrogen and oxygen atoms in total. The zero-order valence-electron chi connectivity index (χ0n) is 10.0. The molecule has 0 bridgehead atoms. The van der Waals surface area contributed by atoms with E-state index in [1.807, 2.05) is 24.5 Å². The molecule has 0 saturated heterocycles. The van der Waals surface area contributed by atoms with Gasteiger partial charge < -0.3 is 5.32 Å². The Morgan fingerprint density at radius 3 is 2.44 bits per heavy atom. The Bertz CT molecular complexity index is 647. The molecule has 0 spiro atoms. The van der Waals surface area contributed by atoms with Gasteiger partial charge in [-0.15, -0.1) is 0 Å². The van der Waals surface area contributed by atoms with Crippen LogP contribution in [0.15, 0.2) is 67.0 Å². The summed E-state index contributed by atoms with van der Waals surface area (Å²) >= 11 is 0. The molecule has 0 atom stereocenters. The Hall–Kier alpha value is -2.35. The molecule has 2 aromatic carbocycles. The lowest BCUT2D eigenvalue weighted by molar-refractivity contribution is 1.13. The number of anilines is 1. The van der Waals surface area contributed by atoms with E-state index in [0.29, 0.717) is 0 Å². The van der Waals surface area contributed by atoms with E-state index < -0.39 is 0 Å². The van der Waals surface area contributed by atoms with Crippen molar-refractivity contribution in [2.75, 3.05) is 5.32 Å². The van der Waals surface area contributed by atoms with Gasteiger partial charge in [-0.3, -0.25) is 4.98 Å². The normalized spacial score (nSPS) is 10.4. The lowest BCUT2D eigenvalue weighted by Crippen LogP contribution is -1.98. The molecule has 0 unspecified atom stereocenters. The van der Waals surface area contributed by atoms with Gasteiger partial charge >= 0.3 is 0 Å². The Morgan fingerprint density at radius 1 is 0.833 bits per heavy atom. The van der Waals surface area contributed by atoms with Gasteiger partial charge in [0.05, 0.1) is 0 Å². The van der Waals surface area contributed by atoms with Crippen LogP contribution in [0.4, 0.5) is 5.69 Å². The second-order valence-electron chi connectivity index (χ2n) is 4.27. The Morgan fingerprint density at radius 2 is 1.61 bits per heavy atom. The number of aromatic nitrogens is 1. The third-order valence-electron chi connectivity index (χ3n) is 3.00. The minimum absolute atomic E-state index is 0.820. The molecule has 88 valence electrons. The van der Waals surface area contributed by atoms with E-state index in [9.17, 15) is 0 Å². The first-order valence-corrected chi connectivity index (χ1v) is 6.03. The predicted molar refractivity (Wildman–Crippen MR) is 75.5 cm³/mol. The third kappa shape index (κ3) is 2.33. The summed E-state index contributed by atoms with van der Waals surface area (Å²) in [7, 11) is 0. The molecule has 3 rings (SSSR count). The highest BCUT2D eigenvalue weighted by Gasteiger charge is 1.96. The first-order valence-electron chi connectivity index (χ1n) is 6.03. The van der Waals surface area contributed by atoms with Gasteiger partial charge in [0.25, 0.3) is 0 Å². The van der Waals surface area contributed by atoms with Gasteiger partial charge in [-0.25, -0.2) is 0 Å². The van der Waals surface area contributed by atoms with Crippen LogP contribution in [-0.2, 0) is 6.54 Å². The van der Waals surface area contributed by atoms with Crippen molar-refractivity contribution in [3.8, 4) is 0 Å². The fourth-order valence-corrected chi connectivity index (χ4v) is 2.00. The first-order chi connectivity index (χ1) is 8.92. The van der Waals surface area contributed by atoms with Crippen LogP contribution in [0.3, 0.4) is 0 Å². The van der Waals surface area contributed by atoms with Crippen molar-refractivity contribution in [1.29, 1.82) is 0 Å². The van der Waals surface area contributed by atoms with Crippen LogP contribution in [0.5, 0.6) is 0 Å². The highest BCUT2D eigenvalue weighted by atomic mass is 14.9. The molecule has 3 aromatic rings. The summed E-state index contributed by atoms with van der Waals surface area (Å²) in [6.07, 6.45) is 3.63. The summed E-state index contributed by atoms with van der Waals surface area (Å²) in [6.45, 7) is 0.820. The zero-order valence-corrected chi connectivity index (χ0v) is 10.0. The maximum atomic E-state index is 4.01. The van der Waals surface area contributed by atoms with E-state index in [4.69, 9.17) is 0 Å². The van der Waals surface area contributed by atoms with Crippen molar-refractivity contribution in [3.63, 3.8) is 0 Å². The summed E-state index contributed by atoms with van der Waals surface area (Å²) in [5.74, 6) is 0. The number of hydrogen-bond acceptors (Lipinski definition) is 2. The van der Waals surface area contributed by atoms with E-state index in [2.05, 4.69) is 52.8 Å². The van der Waals surface area contributed by atoms with Gasteiger partial charge in [0, 0.05) is 24.6 Å². The number of nitrogens with one attached hydrogen (secondary N) is 1. The molecule has 1 aromatic heterocycles. The fourth-order valence-electron chi connectivity index (χ4n) is 2.00. The molecule has 0 fully saturated rings. The standard InChI is InChI=1S/C16H14N2/c1-2-4-15-11-16(6-5-14(15)3-1)18-12-13-7-9-17-10-8-13/h1-11,18H,12H2. The zero-order chi connectivity index (χ0) is 12.2. The van der Waals surface area contributed by atoms with Crippen LogP contribution < -0.4 is 5.32 Å². The Kier molecular flexibility index (Phi) is 2.92. The minimum atomic E-state index is 0.820. The monoisotopic (exact) mass is 234 g/mol. The molecule has 1 heterocycles. The highest BCUT2D eigenvalue weighted by Crippen LogP contribution is 2.19. The number of rotatable bonds is 3. The van der Waals surface area contributed by atoms with Gasteiger partial charge in [-0.1, -0.05) is 30.3 Å². The summed E-state index contributed by atoms with van der Waals surface area (Å²) in [5.41, 5.74) is 2.38. The van der Waals surface area contributed by atoms with Gasteiger partial charge in [0.2, 0.25) is 0 Å². The Balaban J connectivity index is 1.79. The smallest absolute Gasteiger partial charge is 0.0401 e. The molecule has 0 aliphatic heterocycles. The maximum absolute atomic E-state index is 4.01. The van der Waals surface area contributed by atoms with E-state index in [1.165, 1.54) is 16.3 Å². The third-order valence-corrected chi connectivity index (χ3v) is 3.00. The minimum Gasteiger partial charge on any atom is -0.381 e. The van der Waals surface area contributed by atoms with E-state index in [1.54, 1.807) is 0 Å². The van der Waals surface area contributed by atoms with Gasteiger partial charge in [-0.2, -0.15) is 0 Å². The van der Waals surface area contributed by atoms with Crippen LogP contribution in [0, 0.1) is 0 Å². The topological polar surface area (TPSA) is 24.9 Å². The molecule has 1 N–H and O–H groups in total. The van der Waals surface area contributed by atoms with Crippen molar-refractivity contribution in [3.05, 3.63) is 72.6 Å². The van der Waals surface area contributed by atoms with Crippen LogP contribution in [-0.4, -0.2) is 4.98 Å². The molecule has 2 heteroatoms. The number of hydrogen-bond donors (Lipinski definition) is 1. The summed E-state index contributed by atoms with van der Waals surface area (Å²) < 4.78 is 0. The van der Waals surface area contributed by atoms with Crippen molar-refractivity contribution < 1.29 is 0 Å².